The lowest BCUT2D eigenvalue weighted by Gasteiger charge is -2.31. The number of carbonyl (C=O) groups is 1. The lowest BCUT2D eigenvalue weighted by Crippen LogP contribution is -2.50. The molecule has 0 aromatic heterocycles. The SMILES string of the molecule is Cc1cccc(N(C)C(=O)N2CCNCC2)c1. The Morgan fingerprint density at radius 2 is 2.06 bits per heavy atom. The van der Waals surface area contributed by atoms with Crippen molar-refractivity contribution >= 4 is 11.7 Å². The molecule has 1 fully saturated rings. The van der Waals surface area contributed by atoms with Gasteiger partial charge in [0, 0.05) is 38.9 Å². The molecule has 4 heteroatoms. The highest BCUT2D eigenvalue weighted by molar-refractivity contribution is 5.91. The minimum Gasteiger partial charge on any atom is -0.322 e. The summed E-state index contributed by atoms with van der Waals surface area (Å²) < 4.78 is 0. The Morgan fingerprint density at radius 3 is 2.71 bits per heavy atom. The van der Waals surface area contributed by atoms with E-state index in [1.54, 1.807) is 4.90 Å². The number of hydrogen-bond acceptors (Lipinski definition) is 2. The first-order valence-electron chi connectivity index (χ1n) is 5.98. The van der Waals surface area contributed by atoms with E-state index < -0.39 is 0 Å². The summed E-state index contributed by atoms with van der Waals surface area (Å²) in [6.45, 7) is 5.37. The smallest absolute Gasteiger partial charge is 0.322 e. The lowest BCUT2D eigenvalue weighted by molar-refractivity contribution is 0.198. The fourth-order valence-corrected chi connectivity index (χ4v) is 2.02. The highest BCUT2D eigenvalue weighted by atomic mass is 16.2. The number of rotatable bonds is 1. The van der Waals surface area contributed by atoms with Crippen molar-refractivity contribution in [3.63, 3.8) is 0 Å². The van der Waals surface area contributed by atoms with Gasteiger partial charge in [-0.25, -0.2) is 4.79 Å². The fraction of sp³-hybridized carbons (Fsp3) is 0.462. The first kappa shape index (κ1) is 11.9. The van der Waals surface area contributed by atoms with E-state index in [1.807, 2.05) is 43.1 Å². The van der Waals surface area contributed by atoms with E-state index in [4.69, 9.17) is 0 Å². The maximum absolute atomic E-state index is 12.2. The van der Waals surface area contributed by atoms with Crippen molar-refractivity contribution in [2.24, 2.45) is 0 Å². The summed E-state index contributed by atoms with van der Waals surface area (Å²) in [7, 11) is 1.83. The van der Waals surface area contributed by atoms with Crippen molar-refractivity contribution in [1.82, 2.24) is 10.2 Å². The predicted octanol–water partition coefficient (Wildman–Crippen LogP) is 1.46. The molecule has 0 atom stereocenters. The third kappa shape index (κ3) is 2.77. The summed E-state index contributed by atoms with van der Waals surface area (Å²) in [6, 6.07) is 8.09. The van der Waals surface area contributed by atoms with E-state index >= 15 is 0 Å². The zero-order chi connectivity index (χ0) is 12.3. The maximum Gasteiger partial charge on any atom is 0.324 e. The van der Waals surface area contributed by atoms with Gasteiger partial charge in [0.2, 0.25) is 0 Å². The highest BCUT2D eigenvalue weighted by Crippen LogP contribution is 2.16. The van der Waals surface area contributed by atoms with E-state index in [-0.39, 0.29) is 6.03 Å². The van der Waals surface area contributed by atoms with Crippen LogP contribution in [0.25, 0.3) is 0 Å². The van der Waals surface area contributed by atoms with E-state index in [0.717, 1.165) is 31.9 Å². The van der Waals surface area contributed by atoms with Crippen LogP contribution in [-0.4, -0.2) is 44.2 Å². The molecule has 0 bridgehead atoms. The molecule has 1 aliphatic heterocycles. The largest absolute Gasteiger partial charge is 0.324 e. The van der Waals surface area contributed by atoms with Crippen LogP contribution >= 0.6 is 0 Å². The second-order valence-electron chi connectivity index (χ2n) is 4.42. The summed E-state index contributed by atoms with van der Waals surface area (Å²) in [5.41, 5.74) is 2.12. The molecule has 0 radical (unpaired) electrons. The minimum atomic E-state index is 0.0806. The third-order valence-corrected chi connectivity index (χ3v) is 3.06. The number of piperazine rings is 1. The van der Waals surface area contributed by atoms with Gasteiger partial charge in [-0.05, 0) is 24.6 Å². The summed E-state index contributed by atoms with van der Waals surface area (Å²) in [4.78, 5) is 15.8. The van der Waals surface area contributed by atoms with Crippen LogP contribution in [0.5, 0.6) is 0 Å². The topological polar surface area (TPSA) is 35.6 Å². The van der Waals surface area contributed by atoms with Crippen molar-refractivity contribution in [3.8, 4) is 0 Å². The number of nitrogens with zero attached hydrogens (tertiary/aromatic N) is 2. The quantitative estimate of drug-likeness (QED) is 0.797. The van der Waals surface area contributed by atoms with Crippen LogP contribution in [0.2, 0.25) is 0 Å². The van der Waals surface area contributed by atoms with Crippen LogP contribution in [0.4, 0.5) is 10.5 Å². The van der Waals surface area contributed by atoms with E-state index in [2.05, 4.69) is 5.32 Å². The zero-order valence-electron chi connectivity index (χ0n) is 10.4. The number of carbonyl (C=O) groups excluding carboxylic acids is 1. The van der Waals surface area contributed by atoms with Crippen LogP contribution in [0.3, 0.4) is 0 Å². The minimum absolute atomic E-state index is 0.0806. The zero-order valence-corrected chi connectivity index (χ0v) is 10.4. The molecule has 0 spiro atoms. The fourth-order valence-electron chi connectivity index (χ4n) is 2.02. The average Bonchev–Trinajstić information content (AvgIpc) is 2.38. The number of benzene rings is 1. The highest BCUT2D eigenvalue weighted by Gasteiger charge is 2.20. The molecule has 0 aliphatic carbocycles. The van der Waals surface area contributed by atoms with Crippen molar-refractivity contribution in [2.75, 3.05) is 38.1 Å². The molecule has 1 heterocycles. The Hall–Kier alpha value is -1.55. The molecule has 1 saturated heterocycles. The van der Waals surface area contributed by atoms with E-state index in [0.29, 0.717) is 0 Å². The van der Waals surface area contributed by atoms with Crippen LogP contribution in [0.1, 0.15) is 5.56 Å². The van der Waals surface area contributed by atoms with Crippen molar-refractivity contribution in [1.29, 1.82) is 0 Å². The number of aryl methyl sites for hydroxylation is 1. The first-order chi connectivity index (χ1) is 8.18. The van der Waals surface area contributed by atoms with Gasteiger partial charge in [-0.2, -0.15) is 0 Å². The molecule has 2 rings (SSSR count). The van der Waals surface area contributed by atoms with Gasteiger partial charge in [-0.1, -0.05) is 12.1 Å². The molecule has 1 aromatic carbocycles. The van der Waals surface area contributed by atoms with Gasteiger partial charge in [-0.15, -0.1) is 0 Å². The molecule has 2 amide bonds. The van der Waals surface area contributed by atoms with Crippen molar-refractivity contribution in [2.45, 2.75) is 6.92 Å². The van der Waals surface area contributed by atoms with Gasteiger partial charge in [-0.3, -0.25) is 4.90 Å². The van der Waals surface area contributed by atoms with Crippen molar-refractivity contribution < 1.29 is 4.79 Å². The monoisotopic (exact) mass is 233 g/mol. The summed E-state index contributed by atoms with van der Waals surface area (Å²) in [5, 5.41) is 3.24. The van der Waals surface area contributed by atoms with Gasteiger partial charge in [0.25, 0.3) is 0 Å². The molecule has 92 valence electrons. The molecule has 17 heavy (non-hydrogen) atoms. The van der Waals surface area contributed by atoms with E-state index in [1.165, 1.54) is 5.56 Å². The first-order valence-corrected chi connectivity index (χ1v) is 5.98. The standard InChI is InChI=1S/C13H19N3O/c1-11-4-3-5-12(10-11)15(2)13(17)16-8-6-14-7-9-16/h3-5,10,14H,6-9H2,1-2H3. The Morgan fingerprint density at radius 1 is 1.35 bits per heavy atom. The molecule has 4 nitrogen and oxygen atoms in total. The van der Waals surface area contributed by atoms with Gasteiger partial charge in [0.15, 0.2) is 0 Å². The van der Waals surface area contributed by atoms with Gasteiger partial charge in [0.05, 0.1) is 0 Å². The van der Waals surface area contributed by atoms with Crippen LogP contribution < -0.4 is 10.2 Å². The molecule has 1 aliphatic rings. The molecular formula is C13H19N3O. The van der Waals surface area contributed by atoms with Crippen LogP contribution in [0.15, 0.2) is 24.3 Å². The van der Waals surface area contributed by atoms with Gasteiger partial charge >= 0.3 is 6.03 Å². The lowest BCUT2D eigenvalue weighted by atomic mass is 10.2. The normalized spacial score (nSPS) is 15.8. The second-order valence-corrected chi connectivity index (χ2v) is 4.42. The molecule has 0 unspecified atom stereocenters. The van der Waals surface area contributed by atoms with Crippen LogP contribution in [-0.2, 0) is 0 Å². The maximum atomic E-state index is 12.2. The molecule has 1 aromatic rings. The Labute approximate surface area is 102 Å². The van der Waals surface area contributed by atoms with Gasteiger partial charge < -0.3 is 10.2 Å². The number of nitrogens with one attached hydrogen (secondary N) is 1. The Kier molecular flexibility index (Phi) is 3.64. The summed E-state index contributed by atoms with van der Waals surface area (Å²) in [6.07, 6.45) is 0. The number of amides is 2. The molecule has 0 saturated carbocycles. The number of hydrogen-bond donors (Lipinski definition) is 1. The average molecular weight is 233 g/mol. The van der Waals surface area contributed by atoms with Crippen molar-refractivity contribution in [3.05, 3.63) is 29.8 Å². The second kappa shape index (κ2) is 5.19. The van der Waals surface area contributed by atoms with Crippen LogP contribution in [0, 0.1) is 6.92 Å². The molecular weight excluding hydrogens is 214 g/mol. The number of urea groups is 1. The number of anilines is 1. The van der Waals surface area contributed by atoms with E-state index in [9.17, 15) is 4.79 Å². The van der Waals surface area contributed by atoms with Gasteiger partial charge in [0.1, 0.15) is 0 Å². The molecule has 1 N–H and O–H groups in total. The third-order valence-electron chi connectivity index (χ3n) is 3.06. The summed E-state index contributed by atoms with van der Waals surface area (Å²) in [5.74, 6) is 0. The summed E-state index contributed by atoms with van der Waals surface area (Å²) >= 11 is 0. The Bertz CT molecular complexity index is 399. The predicted molar refractivity (Wildman–Crippen MR) is 69.4 cm³/mol. The Balaban J connectivity index is 2.08.